The molecule has 0 saturated carbocycles. The predicted octanol–water partition coefficient (Wildman–Crippen LogP) is 0.430. The van der Waals surface area contributed by atoms with Crippen LogP contribution >= 0.6 is 0 Å². The lowest BCUT2D eigenvalue weighted by Gasteiger charge is -2.26. The number of hydrogen-bond donors (Lipinski definition) is 2. The predicted molar refractivity (Wildman–Crippen MR) is 69.9 cm³/mol. The average Bonchev–Trinajstić information content (AvgIpc) is 2.94. The third-order valence-corrected chi connectivity index (χ3v) is 3.11. The highest BCUT2D eigenvalue weighted by Crippen LogP contribution is 2.07. The first-order valence-electron chi connectivity index (χ1n) is 6.57. The number of carbonyl (C=O) groups is 2. The van der Waals surface area contributed by atoms with Crippen LogP contribution in [0.1, 0.15) is 27.3 Å². The van der Waals surface area contributed by atoms with Crippen molar-refractivity contribution in [2.45, 2.75) is 6.42 Å². The summed E-state index contributed by atoms with van der Waals surface area (Å²) in [6, 6.07) is 1.22. The van der Waals surface area contributed by atoms with Gasteiger partial charge in [-0.15, -0.1) is 0 Å². The van der Waals surface area contributed by atoms with Crippen molar-refractivity contribution in [3.63, 3.8) is 0 Å². The van der Waals surface area contributed by atoms with Crippen LogP contribution in [0.4, 0.5) is 0 Å². The zero-order valence-corrected chi connectivity index (χ0v) is 11.1. The van der Waals surface area contributed by atoms with Crippen molar-refractivity contribution in [1.82, 2.24) is 10.2 Å². The van der Waals surface area contributed by atoms with Crippen LogP contribution in [0.5, 0.6) is 0 Å². The zero-order valence-electron chi connectivity index (χ0n) is 11.1. The fraction of sp³-hybridized carbons (Fsp3) is 0.538. The standard InChI is InChI=1S/C13H18N2O5/c16-12(11-8-10(9-20-11)13(17)18)14-2-1-3-15-4-6-19-7-5-15/h8-9H,1-7H2,(H,14,16)(H,17,18). The molecule has 1 amide bonds. The van der Waals surface area contributed by atoms with Gasteiger partial charge in [-0.3, -0.25) is 9.69 Å². The maximum absolute atomic E-state index is 11.7. The molecule has 7 heteroatoms. The van der Waals surface area contributed by atoms with Crippen molar-refractivity contribution < 1.29 is 23.8 Å². The maximum Gasteiger partial charge on any atom is 0.338 e. The summed E-state index contributed by atoms with van der Waals surface area (Å²) in [6.07, 6.45) is 1.89. The number of furan rings is 1. The lowest BCUT2D eigenvalue weighted by atomic mass is 10.3. The van der Waals surface area contributed by atoms with E-state index in [2.05, 4.69) is 10.2 Å². The fourth-order valence-electron chi connectivity index (χ4n) is 1.98. The van der Waals surface area contributed by atoms with Gasteiger partial charge in [0.2, 0.25) is 0 Å². The molecule has 0 unspecified atom stereocenters. The maximum atomic E-state index is 11.7. The van der Waals surface area contributed by atoms with Crippen LogP contribution in [0.25, 0.3) is 0 Å². The van der Waals surface area contributed by atoms with E-state index >= 15 is 0 Å². The molecule has 0 spiro atoms. The fourth-order valence-corrected chi connectivity index (χ4v) is 1.98. The SMILES string of the molecule is O=C(O)c1coc(C(=O)NCCCN2CCOCC2)c1. The van der Waals surface area contributed by atoms with Crippen molar-refractivity contribution in [2.24, 2.45) is 0 Å². The first-order chi connectivity index (χ1) is 9.66. The Morgan fingerprint density at radius 1 is 1.35 bits per heavy atom. The number of rotatable bonds is 6. The first-order valence-corrected chi connectivity index (χ1v) is 6.57. The van der Waals surface area contributed by atoms with E-state index in [0.717, 1.165) is 45.5 Å². The third-order valence-electron chi connectivity index (χ3n) is 3.11. The molecule has 1 aromatic rings. The number of nitrogens with zero attached hydrogens (tertiary/aromatic N) is 1. The summed E-state index contributed by atoms with van der Waals surface area (Å²) in [5.41, 5.74) is -0.0246. The molecule has 0 bridgehead atoms. The van der Waals surface area contributed by atoms with Crippen LogP contribution in [0.2, 0.25) is 0 Å². The second kappa shape index (κ2) is 7.06. The van der Waals surface area contributed by atoms with Gasteiger partial charge in [-0.2, -0.15) is 0 Å². The number of morpholine rings is 1. The lowest BCUT2D eigenvalue weighted by molar-refractivity contribution is 0.0374. The third kappa shape index (κ3) is 4.07. The van der Waals surface area contributed by atoms with Crippen LogP contribution in [0, 0.1) is 0 Å². The zero-order chi connectivity index (χ0) is 14.4. The highest BCUT2D eigenvalue weighted by molar-refractivity contribution is 5.95. The van der Waals surface area contributed by atoms with Gasteiger partial charge in [0.15, 0.2) is 5.76 Å². The quantitative estimate of drug-likeness (QED) is 0.735. The monoisotopic (exact) mass is 282 g/mol. The Morgan fingerprint density at radius 2 is 2.10 bits per heavy atom. The molecule has 0 aromatic carbocycles. The summed E-state index contributed by atoms with van der Waals surface area (Å²) in [6.45, 7) is 4.80. The molecule has 1 aliphatic rings. The van der Waals surface area contributed by atoms with Gasteiger partial charge in [-0.1, -0.05) is 0 Å². The largest absolute Gasteiger partial charge is 0.478 e. The van der Waals surface area contributed by atoms with Gasteiger partial charge in [0.1, 0.15) is 6.26 Å². The van der Waals surface area contributed by atoms with E-state index < -0.39 is 5.97 Å². The average molecular weight is 282 g/mol. The molecule has 2 rings (SSSR count). The molecule has 20 heavy (non-hydrogen) atoms. The van der Waals surface area contributed by atoms with E-state index in [1.54, 1.807) is 0 Å². The number of hydrogen-bond acceptors (Lipinski definition) is 5. The van der Waals surface area contributed by atoms with Gasteiger partial charge >= 0.3 is 5.97 Å². The Bertz CT molecular complexity index is 465. The van der Waals surface area contributed by atoms with Crippen LogP contribution in [0.15, 0.2) is 16.7 Å². The Hall–Kier alpha value is -1.86. The van der Waals surface area contributed by atoms with E-state index in [-0.39, 0.29) is 17.2 Å². The molecule has 2 heterocycles. The normalized spacial score (nSPS) is 16.0. The molecule has 0 atom stereocenters. The van der Waals surface area contributed by atoms with Gasteiger partial charge in [0.25, 0.3) is 5.91 Å². The van der Waals surface area contributed by atoms with E-state index in [1.165, 1.54) is 6.07 Å². The number of amides is 1. The number of carboxylic acids is 1. The van der Waals surface area contributed by atoms with Crippen LogP contribution < -0.4 is 5.32 Å². The Morgan fingerprint density at radius 3 is 2.75 bits per heavy atom. The van der Waals surface area contributed by atoms with E-state index in [0.29, 0.717) is 6.54 Å². The molecule has 1 aliphatic heterocycles. The van der Waals surface area contributed by atoms with E-state index in [9.17, 15) is 9.59 Å². The van der Waals surface area contributed by atoms with Gasteiger partial charge < -0.3 is 19.6 Å². The summed E-state index contributed by atoms with van der Waals surface area (Å²) in [5.74, 6) is -1.48. The Kier molecular flexibility index (Phi) is 5.14. The number of aromatic carboxylic acids is 1. The Balaban J connectivity index is 1.67. The highest BCUT2D eigenvalue weighted by Gasteiger charge is 2.14. The smallest absolute Gasteiger partial charge is 0.338 e. The van der Waals surface area contributed by atoms with Gasteiger partial charge in [0, 0.05) is 25.7 Å². The summed E-state index contributed by atoms with van der Waals surface area (Å²) in [5, 5.41) is 11.4. The summed E-state index contributed by atoms with van der Waals surface area (Å²) in [4.78, 5) is 24.6. The molecule has 0 radical (unpaired) electrons. The minimum atomic E-state index is -1.11. The molecule has 1 fully saturated rings. The lowest BCUT2D eigenvalue weighted by Crippen LogP contribution is -2.38. The number of carbonyl (C=O) groups excluding carboxylic acids is 1. The summed E-state index contributed by atoms with van der Waals surface area (Å²) in [7, 11) is 0. The second-order valence-electron chi connectivity index (χ2n) is 4.57. The molecule has 0 aliphatic carbocycles. The van der Waals surface area contributed by atoms with E-state index in [4.69, 9.17) is 14.3 Å². The molecule has 2 N–H and O–H groups in total. The van der Waals surface area contributed by atoms with E-state index in [1.807, 2.05) is 0 Å². The second-order valence-corrected chi connectivity index (χ2v) is 4.57. The van der Waals surface area contributed by atoms with Crippen LogP contribution in [-0.4, -0.2) is 61.3 Å². The van der Waals surface area contributed by atoms with Crippen molar-refractivity contribution in [1.29, 1.82) is 0 Å². The van der Waals surface area contributed by atoms with Crippen molar-refractivity contribution >= 4 is 11.9 Å². The molecule has 1 aromatic heterocycles. The molecule has 1 saturated heterocycles. The number of ether oxygens (including phenoxy) is 1. The van der Waals surface area contributed by atoms with Gasteiger partial charge in [0.05, 0.1) is 18.8 Å². The Labute approximate surface area is 116 Å². The minimum Gasteiger partial charge on any atom is -0.478 e. The minimum absolute atomic E-state index is 0.0220. The first kappa shape index (κ1) is 14.5. The molecule has 7 nitrogen and oxygen atoms in total. The number of nitrogens with one attached hydrogen (secondary N) is 1. The van der Waals surface area contributed by atoms with Crippen molar-refractivity contribution in [2.75, 3.05) is 39.4 Å². The van der Waals surface area contributed by atoms with Crippen molar-refractivity contribution in [3.05, 3.63) is 23.7 Å². The highest BCUT2D eigenvalue weighted by atomic mass is 16.5. The van der Waals surface area contributed by atoms with Crippen molar-refractivity contribution in [3.8, 4) is 0 Å². The van der Waals surface area contributed by atoms with Crippen LogP contribution in [-0.2, 0) is 4.74 Å². The number of carboxylic acid groups (broad SMARTS) is 1. The summed E-state index contributed by atoms with van der Waals surface area (Å²) >= 11 is 0. The van der Waals surface area contributed by atoms with Gasteiger partial charge in [-0.25, -0.2) is 4.79 Å². The summed E-state index contributed by atoms with van der Waals surface area (Å²) < 4.78 is 10.2. The topological polar surface area (TPSA) is 92.0 Å². The van der Waals surface area contributed by atoms with Crippen LogP contribution in [0.3, 0.4) is 0 Å². The van der Waals surface area contributed by atoms with Gasteiger partial charge in [-0.05, 0) is 13.0 Å². The molecule has 110 valence electrons. The molecular formula is C13H18N2O5. The molecular weight excluding hydrogens is 264 g/mol.